The highest BCUT2D eigenvalue weighted by Crippen LogP contribution is 2.29. The van der Waals surface area contributed by atoms with E-state index < -0.39 is 11.6 Å². The lowest BCUT2D eigenvalue weighted by Gasteiger charge is -2.11. The number of ether oxygens (including phenoxy) is 1. The van der Waals surface area contributed by atoms with Crippen molar-refractivity contribution in [1.82, 2.24) is 0 Å². The minimum Gasteiger partial charge on any atom is -0.504 e. The summed E-state index contributed by atoms with van der Waals surface area (Å²) in [5.41, 5.74) is 0.777. The number of phenols is 1. The Balaban J connectivity index is 2.17. The van der Waals surface area contributed by atoms with Crippen molar-refractivity contribution in [3.8, 4) is 11.5 Å². The summed E-state index contributed by atoms with van der Waals surface area (Å²) in [4.78, 5) is 0. The molecule has 0 fully saturated rings. The van der Waals surface area contributed by atoms with Crippen molar-refractivity contribution in [2.24, 2.45) is 0 Å². The molecule has 0 bridgehead atoms. The first kappa shape index (κ1) is 14.4. The molecule has 0 aliphatic carbocycles. The molecule has 2 N–H and O–H groups in total. The van der Waals surface area contributed by atoms with Gasteiger partial charge in [0.05, 0.1) is 17.8 Å². The fraction of sp³-hybridized carbons (Fsp3) is 0.143. The molecule has 0 aliphatic rings. The smallest absolute Gasteiger partial charge is 0.160 e. The predicted octanol–water partition coefficient (Wildman–Crippen LogP) is 3.94. The van der Waals surface area contributed by atoms with Crippen LogP contribution in [0, 0.1) is 11.6 Å². The molecule has 106 valence electrons. The van der Waals surface area contributed by atoms with E-state index in [1.54, 1.807) is 12.1 Å². The Kier molecular flexibility index (Phi) is 4.29. The van der Waals surface area contributed by atoms with Gasteiger partial charge in [0.2, 0.25) is 0 Å². The third kappa shape index (κ3) is 3.11. The van der Waals surface area contributed by atoms with Gasteiger partial charge in [-0.2, -0.15) is 0 Å². The van der Waals surface area contributed by atoms with Crippen LogP contribution >= 0.6 is 11.6 Å². The van der Waals surface area contributed by atoms with E-state index >= 15 is 0 Å². The topological polar surface area (TPSA) is 41.5 Å². The second-order valence-corrected chi connectivity index (χ2v) is 4.51. The molecule has 2 aromatic carbocycles. The van der Waals surface area contributed by atoms with Crippen molar-refractivity contribution in [2.45, 2.75) is 6.54 Å². The SMILES string of the molecule is COc1cc(CNc2c(F)cc(F)cc2Cl)ccc1O. The first-order valence-electron chi connectivity index (χ1n) is 5.75. The van der Waals surface area contributed by atoms with Crippen LogP contribution in [-0.2, 0) is 6.54 Å². The fourth-order valence-corrected chi connectivity index (χ4v) is 1.99. The summed E-state index contributed by atoms with van der Waals surface area (Å²) in [5, 5.41) is 12.2. The second kappa shape index (κ2) is 5.96. The summed E-state index contributed by atoms with van der Waals surface area (Å²) in [5.74, 6) is -1.16. The maximum absolute atomic E-state index is 13.6. The van der Waals surface area contributed by atoms with Gasteiger partial charge in [-0.25, -0.2) is 8.78 Å². The first-order chi connectivity index (χ1) is 9.51. The van der Waals surface area contributed by atoms with Gasteiger partial charge in [0.25, 0.3) is 0 Å². The van der Waals surface area contributed by atoms with Crippen molar-refractivity contribution in [2.75, 3.05) is 12.4 Å². The van der Waals surface area contributed by atoms with Crippen molar-refractivity contribution in [3.05, 3.63) is 52.6 Å². The maximum atomic E-state index is 13.6. The summed E-state index contributed by atoms with van der Waals surface area (Å²) >= 11 is 5.78. The lowest BCUT2D eigenvalue weighted by atomic mass is 10.2. The van der Waals surface area contributed by atoms with Crippen LogP contribution in [0.15, 0.2) is 30.3 Å². The number of phenolic OH excluding ortho intramolecular Hbond substituents is 1. The Morgan fingerprint density at radius 1 is 1.25 bits per heavy atom. The van der Waals surface area contributed by atoms with Gasteiger partial charge in [-0.05, 0) is 23.8 Å². The van der Waals surface area contributed by atoms with Gasteiger partial charge in [0, 0.05) is 12.6 Å². The summed E-state index contributed by atoms with van der Waals surface area (Å²) in [7, 11) is 1.43. The Hall–Kier alpha value is -2.01. The minimum absolute atomic E-state index is 0.0160. The van der Waals surface area contributed by atoms with Crippen LogP contribution in [0.1, 0.15) is 5.56 Å². The van der Waals surface area contributed by atoms with Gasteiger partial charge in [-0.1, -0.05) is 17.7 Å². The Morgan fingerprint density at radius 2 is 2.00 bits per heavy atom. The molecule has 0 heterocycles. The van der Waals surface area contributed by atoms with E-state index in [4.69, 9.17) is 16.3 Å². The van der Waals surface area contributed by atoms with Crippen LogP contribution in [0.5, 0.6) is 11.5 Å². The highest BCUT2D eigenvalue weighted by atomic mass is 35.5. The third-order valence-corrected chi connectivity index (χ3v) is 3.02. The molecule has 2 aromatic rings. The van der Waals surface area contributed by atoms with Crippen LogP contribution in [0.4, 0.5) is 14.5 Å². The van der Waals surface area contributed by atoms with Crippen LogP contribution < -0.4 is 10.1 Å². The molecule has 0 unspecified atom stereocenters. The van der Waals surface area contributed by atoms with E-state index in [0.29, 0.717) is 5.75 Å². The predicted molar refractivity (Wildman–Crippen MR) is 73.4 cm³/mol. The van der Waals surface area contributed by atoms with Crippen LogP contribution in [0.3, 0.4) is 0 Å². The number of hydrogen-bond acceptors (Lipinski definition) is 3. The first-order valence-corrected chi connectivity index (χ1v) is 6.13. The molecular formula is C14H12ClF2NO2. The van der Waals surface area contributed by atoms with Crippen LogP contribution in [0.2, 0.25) is 5.02 Å². The number of halogens is 3. The number of benzene rings is 2. The maximum Gasteiger partial charge on any atom is 0.160 e. The molecule has 0 saturated heterocycles. The van der Waals surface area contributed by atoms with Gasteiger partial charge in [0.15, 0.2) is 17.3 Å². The van der Waals surface area contributed by atoms with E-state index in [-0.39, 0.29) is 23.0 Å². The monoisotopic (exact) mass is 299 g/mol. The van der Waals surface area contributed by atoms with Gasteiger partial charge < -0.3 is 15.2 Å². The van der Waals surface area contributed by atoms with E-state index in [2.05, 4.69) is 5.32 Å². The summed E-state index contributed by atoms with van der Waals surface area (Å²) in [6.07, 6.45) is 0. The summed E-state index contributed by atoms with van der Waals surface area (Å²) < 4.78 is 31.5. The standard InChI is InChI=1S/C14H12ClF2NO2/c1-20-13-4-8(2-3-12(13)19)7-18-14-10(15)5-9(16)6-11(14)17/h2-6,18-19H,7H2,1H3. The summed E-state index contributed by atoms with van der Waals surface area (Å²) in [6, 6.07) is 6.52. The van der Waals surface area contributed by atoms with Crippen molar-refractivity contribution in [3.63, 3.8) is 0 Å². The molecule has 6 heteroatoms. The van der Waals surface area contributed by atoms with Crippen molar-refractivity contribution >= 4 is 17.3 Å². The molecular weight excluding hydrogens is 288 g/mol. The lowest BCUT2D eigenvalue weighted by molar-refractivity contribution is 0.373. The molecule has 2 rings (SSSR count). The van der Waals surface area contributed by atoms with Gasteiger partial charge in [-0.3, -0.25) is 0 Å². The molecule has 0 spiro atoms. The third-order valence-electron chi connectivity index (χ3n) is 2.72. The van der Waals surface area contributed by atoms with Gasteiger partial charge >= 0.3 is 0 Å². The summed E-state index contributed by atoms with van der Waals surface area (Å²) in [6.45, 7) is 0.249. The fourth-order valence-electron chi connectivity index (χ4n) is 1.73. The molecule has 0 aromatic heterocycles. The molecule has 20 heavy (non-hydrogen) atoms. The lowest BCUT2D eigenvalue weighted by Crippen LogP contribution is -2.03. The Morgan fingerprint density at radius 3 is 2.65 bits per heavy atom. The van der Waals surface area contributed by atoms with Crippen molar-refractivity contribution in [1.29, 1.82) is 0 Å². The number of anilines is 1. The van der Waals surface area contributed by atoms with E-state index in [0.717, 1.165) is 17.7 Å². The van der Waals surface area contributed by atoms with Crippen LogP contribution in [-0.4, -0.2) is 12.2 Å². The van der Waals surface area contributed by atoms with E-state index in [9.17, 15) is 13.9 Å². The highest BCUT2D eigenvalue weighted by molar-refractivity contribution is 6.33. The number of rotatable bonds is 4. The van der Waals surface area contributed by atoms with Crippen LogP contribution in [0.25, 0.3) is 0 Å². The average Bonchev–Trinajstić information content (AvgIpc) is 2.39. The number of aromatic hydroxyl groups is 1. The zero-order chi connectivity index (χ0) is 14.7. The zero-order valence-electron chi connectivity index (χ0n) is 10.6. The molecule has 0 aliphatic heterocycles. The average molecular weight is 300 g/mol. The minimum atomic E-state index is -0.763. The zero-order valence-corrected chi connectivity index (χ0v) is 11.3. The van der Waals surface area contributed by atoms with E-state index in [1.165, 1.54) is 13.2 Å². The van der Waals surface area contributed by atoms with E-state index in [1.807, 2.05) is 0 Å². The molecule has 0 radical (unpaired) electrons. The number of nitrogens with one attached hydrogen (secondary N) is 1. The number of hydrogen-bond donors (Lipinski definition) is 2. The molecule has 0 atom stereocenters. The largest absolute Gasteiger partial charge is 0.504 e. The van der Waals surface area contributed by atoms with Gasteiger partial charge in [-0.15, -0.1) is 0 Å². The Labute approximate surface area is 119 Å². The molecule has 3 nitrogen and oxygen atoms in total. The quantitative estimate of drug-likeness (QED) is 0.898. The van der Waals surface area contributed by atoms with Gasteiger partial charge in [0.1, 0.15) is 5.82 Å². The normalized spacial score (nSPS) is 10.4. The Bertz CT molecular complexity index is 612. The molecule has 0 saturated carbocycles. The van der Waals surface area contributed by atoms with Crippen molar-refractivity contribution < 1.29 is 18.6 Å². The second-order valence-electron chi connectivity index (χ2n) is 4.10. The number of methoxy groups -OCH3 is 1. The highest BCUT2D eigenvalue weighted by Gasteiger charge is 2.10. The molecule has 0 amide bonds.